The summed E-state index contributed by atoms with van der Waals surface area (Å²) >= 11 is 7.37. The fourth-order valence-electron chi connectivity index (χ4n) is 2.58. The van der Waals surface area contributed by atoms with Crippen LogP contribution in [0, 0.1) is 0 Å². The standard InChI is InChI=1S/C24H18ClF2NO4S/c25-17-8-12-19(13-9-17)33-21-4-2-1-3-20(21)28-22(29)15-31-23(30)14-7-16-5-10-18(11-6-16)32-24(26)27/h1-14,24H,15H2,(H,28,29)/b14-7+. The molecule has 0 fully saturated rings. The normalized spacial score (nSPS) is 10.9. The number of ether oxygens (including phenoxy) is 2. The molecule has 1 N–H and O–H groups in total. The van der Waals surface area contributed by atoms with Crippen molar-refractivity contribution < 1.29 is 27.8 Å². The number of amides is 1. The van der Waals surface area contributed by atoms with Gasteiger partial charge in [0.15, 0.2) is 6.61 Å². The summed E-state index contributed by atoms with van der Waals surface area (Å²) in [5, 5.41) is 3.36. The van der Waals surface area contributed by atoms with Gasteiger partial charge in [0.1, 0.15) is 5.75 Å². The van der Waals surface area contributed by atoms with Gasteiger partial charge in [-0.15, -0.1) is 0 Å². The summed E-state index contributed by atoms with van der Waals surface area (Å²) < 4.78 is 33.5. The van der Waals surface area contributed by atoms with Crippen LogP contribution in [0.1, 0.15) is 5.56 Å². The Labute approximate surface area is 198 Å². The van der Waals surface area contributed by atoms with Crippen LogP contribution in [0.4, 0.5) is 14.5 Å². The molecule has 0 saturated carbocycles. The maximum Gasteiger partial charge on any atom is 0.387 e. The highest BCUT2D eigenvalue weighted by Gasteiger charge is 2.10. The Morgan fingerprint density at radius 3 is 2.39 bits per heavy atom. The van der Waals surface area contributed by atoms with Gasteiger partial charge in [0.05, 0.1) is 5.69 Å². The quantitative estimate of drug-likeness (QED) is 0.283. The van der Waals surface area contributed by atoms with Gasteiger partial charge in [-0.2, -0.15) is 8.78 Å². The molecule has 1 amide bonds. The highest BCUT2D eigenvalue weighted by atomic mass is 35.5. The minimum absolute atomic E-state index is 0.0101. The molecule has 0 heterocycles. The Morgan fingerprint density at radius 1 is 1.00 bits per heavy atom. The third kappa shape index (κ3) is 8.25. The van der Waals surface area contributed by atoms with E-state index in [1.165, 1.54) is 42.1 Å². The number of anilines is 1. The van der Waals surface area contributed by atoms with Gasteiger partial charge in [-0.1, -0.05) is 47.6 Å². The molecule has 0 saturated heterocycles. The highest BCUT2D eigenvalue weighted by Crippen LogP contribution is 2.33. The van der Waals surface area contributed by atoms with Crippen molar-refractivity contribution in [2.24, 2.45) is 0 Å². The second-order valence-corrected chi connectivity index (χ2v) is 8.04. The minimum atomic E-state index is -2.91. The summed E-state index contributed by atoms with van der Waals surface area (Å²) in [6, 6.07) is 20.3. The average molecular weight is 490 g/mol. The van der Waals surface area contributed by atoms with Crippen LogP contribution in [0.15, 0.2) is 88.7 Å². The Hall–Kier alpha value is -3.36. The van der Waals surface area contributed by atoms with Crippen LogP contribution >= 0.6 is 23.4 Å². The van der Waals surface area contributed by atoms with Gasteiger partial charge in [0.25, 0.3) is 5.91 Å². The van der Waals surface area contributed by atoms with Gasteiger partial charge in [0, 0.05) is 20.9 Å². The Kier molecular flexibility index (Phi) is 8.86. The van der Waals surface area contributed by atoms with Crippen LogP contribution in [0.3, 0.4) is 0 Å². The van der Waals surface area contributed by atoms with E-state index in [9.17, 15) is 18.4 Å². The smallest absolute Gasteiger partial charge is 0.387 e. The number of esters is 1. The highest BCUT2D eigenvalue weighted by molar-refractivity contribution is 7.99. The molecule has 3 aromatic rings. The fraction of sp³-hybridized carbons (Fsp3) is 0.0833. The first-order valence-electron chi connectivity index (χ1n) is 9.61. The van der Waals surface area contributed by atoms with Crippen LogP contribution in [-0.2, 0) is 14.3 Å². The van der Waals surface area contributed by atoms with E-state index in [1.54, 1.807) is 24.3 Å². The van der Waals surface area contributed by atoms with Crippen LogP contribution in [0.5, 0.6) is 5.75 Å². The molecule has 0 spiro atoms. The van der Waals surface area contributed by atoms with Crippen molar-refractivity contribution in [1.82, 2.24) is 0 Å². The summed E-state index contributed by atoms with van der Waals surface area (Å²) in [6.45, 7) is -3.37. The third-order valence-electron chi connectivity index (χ3n) is 4.07. The van der Waals surface area contributed by atoms with E-state index in [2.05, 4.69) is 10.1 Å². The number of benzene rings is 3. The summed E-state index contributed by atoms with van der Waals surface area (Å²) in [4.78, 5) is 25.9. The lowest BCUT2D eigenvalue weighted by molar-refractivity contribution is -0.142. The molecule has 170 valence electrons. The Bertz CT molecular complexity index is 1120. The number of hydrogen-bond acceptors (Lipinski definition) is 5. The Balaban J connectivity index is 1.50. The predicted octanol–water partition coefficient (Wildman–Crippen LogP) is 6.29. The van der Waals surface area contributed by atoms with Crippen LogP contribution in [-0.4, -0.2) is 25.1 Å². The molecule has 0 aliphatic rings. The second kappa shape index (κ2) is 12.0. The van der Waals surface area contributed by atoms with Crippen molar-refractivity contribution in [2.75, 3.05) is 11.9 Å². The van der Waals surface area contributed by atoms with Crippen molar-refractivity contribution >= 4 is 47.0 Å². The van der Waals surface area contributed by atoms with Crippen LogP contribution in [0.25, 0.3) is 6.08 Å². The number of alkyl halides is 2. The van der Waals surface area contributed by atoms with Crippen molar-refractivity contribution in [1.29, 1.82) is 0 Å². The first-order chi connectivity index (χ1) is 15.9. The lowest BCUT2D eigenvalue weighted by atomic mass is 10.2. The number of nitrogens with one attached hydrogen (secondary N) is 1. The fourth-order valence-corrected chi connectivity index (χ4v) is 3.61. The maximum atomic E-state index is 12.3. The zero-order chi connectivity index (χ0) is 23.6. The number of carbonyl (C=O) groups is 2. The van der Waals surface area contributed by atoms with E-state index in [4.69, 9.17) is 16.3 Å². The van der Waals surface area contributed by atoms with Gasteiger partial charge in [-0.25, -0.2) is 4.79 Å². The summed E-state index contributed by atoms with van der Waals surface area (Å²) in [7, 11) is 0. The molecule has 5 nitrogen and oxygen atoms in total. The monoisotopic (exact) mass is 489 g/mol. The van der Waals surface area contributed by atoms with E-state index < -0.39 is 25.1 Å². The first-order valence-corrected chi connectivity index (χ1v) is 10.8. The molecule has 0 radical (unpaired) electrons. The molecular weight excluding hydrogens is 472 g/mol. The van der Waals surface area contributed by atoms with Crippen molar-refractivity contribution in [3.8, 4) is 5.75 Å². The molecule has 0 bridgehead atoms. The van der Waals surface area contributed by atoms with E-state index in [1.807, 2.05) is 24.3 Å². The van der Waals surface area contributed by atoms with E-state index in [0.717, 1.165) is 15.9 Å². The predicted molar refractivity (Wildman–Crippen MR) is 124 cm³/mol. The molecule has 33 heavy (non-hydrogen) atoms. The maximum absolute atomic E-state index is 12.3. The van der Waals surface area contributed by atoms with E-state index in [0.29, 0.717) is 16.3 Å². The van der Waals surface area contributed by atoms with Gasteiger partial charge < -0.3 is 14.8 Å². The van der Waals surface area contributed by atoms with Gasteiger partial charge in [0.2, 0.25) is 0 Å². The molecule has 0 aliphatic carbocycles. The third-order valence-corrected chi connectivity index (χ3v) is 5.40. The number of rotatable bonds is 9. The van der Waals surface area contributed by atoms with Gasteiger partial charge >= 0.3 is 12.6 Å². The number of carbonyl (C=O) groups excluding carboxylic acids is 2. The molecule has 3 aromatic carbocycles. The number of para-hydroxylation sites is 1. The summed E-state index contributed by atoms with van der Waals surface area (Å²) in [5.74, 6) is -1.20. The molecule has 0 atom stereocenters. The number of hydrogen-bond donors (Lipinski definition) is 1. The van der Waals surface area contributed by atoms with E-state index >= 15 is 0 Å². The largest absolute Gasteiger partial charge is 0.452 e. The second-order valence-electron chi connectivity index (χ2n) is 6.49. The van der Waals surface area contributed by atoms with Crippen LogP contribution < -0.4 is 10.1 Å². The minimum Gasteiger partial charge on any atom is -0.452 e. The molecular formula is C24H18ClF2NO4S. The van der Waals surface area contributed by atoms with Gasteiger partial charge in [-0.05, 0) is 60.2 Å². The van der Waals surface area contributed by atoms with Crippen molar-refractivity contribution in [2.45, 2.75) is 16.4 Å². The lowest BCUT2D eigenvalue weighted by Gasteiger charge is -2.11. The number of halogens is 3. The van der Waals surface area contributed by atoms with Crippen LogP contribution in [0.2, 0.25) is 5.02 Å². The zero-order valence-corrected chi connectivity index (χ0v) is 18.6. The topological polar surface area (TPSA) is 64.6 Å². The summed E-state index contributed by atoms with van der Waals surface area (Å²) in [6.07, 6.45) is 2.57. The first kappa shape index (κ1) is 24.3. The lowest BCUT2D eigenvalue weighted by Crippen LogP contribution is -2.20. The zero-order valence-electron chi connectivity index (χ0n) is 17.0. The van der Waals surface area contributed by atoms with E-state index in [-0.39, 0.29) is 5.75 Å². The molecule has 9 heteroatoms. The van der Waals surface area contributed by atoms with Crippen molar-refractivity contribution in [3.63, 3.8) is 0 Å². The van der Waals surface area contributed by atoms with Crippen molar-refractivity contribution in [3.05, 3.63) is 89.5 Å². The Morgan fingerprint density at radius 2 is 1.70 bits per heavy atom. The average Bonchev–Trinajstić information content (AvgIpc) is 2.79. The molecule has 3 rings (SSSR count). The van der Waals surface area contributed by atoms with Gasteiger partial charge in [-0.3, -0.25) is 4.79 Å². The summed E-state index contributed by atoms with van der Waals surface area (Å²) in [5.41, 5.74) is 1.16. The molecule has 0 aliphatic heterocycles. The molecule has 0 unspecified atom stereocenters. The molecule has 0 aromatic heterocycles. The SMILES string of the molecule is O=C(COC(=O)/C=C/c1ccc(OC(F)F)cc1)Nc1ccccc1Sc1ccc(Cl)cc1.